The predicted octanol–water partition coefficient (Wildman–Crippen LogP) is 1.50. The van der Waals surface area contributed by atoms with Gasteiger partial charge in [-0.3, -0.25) is 9.59 Å². The lowest BCUT2D eigenvalue weighted by Crippen LogP contribution is -2.40. The van der Waals surface area contributed by atoms with Crippen molar-refractivity contribution in [3.8, 4) is 0 Å². The first-order chi connectivity index (χ1) is 9.49. The average Bonchev–Trinajstić information content (AvgIpc) is 2.65. The Hall–Kier alpha value is -2.05. The second-order valence-electron chi connectivity index (χ2n) is 4.30. The average molecular weight is 283 g/mol. The van der Waals surface area contributed by atoms with E-state index in [1.165, 1.54) is 13.8 Å². The first-order valence-electron chi connectivity index (χ1n) is 6.11. The van der Waals surface area contributed by atoms with Crippen molar-refractivity contribution in [1.82, 2.24) is 0 Å². The fourth-order valence-corrected chi connectivity index (χ4v) is 2.09. The molecule has 0 aromatic carbocycles. The molecule has 0 amide bonds. The van der Waals surface area contributed by atoms with Crippen LogP contribution in [0.5, 0.6) is 0 Å². The number of hydrogen-bond donors (Lipinski definition) is 0. The number of ether oxygens (including phenoxy) is 3. The quantitative estimate of drug-likeness (QED) is 0.241. The first kappa shape index (κ1) is 16.0. The smallest absolute Gasteiger partial charge is 0.303 e. The summed E-state index contributed by atoms with van der Waals surface area (Å²) in [6.45, 7) is 6.09. The highest BCUT2D eigenvalue weighted by Gasteiger charge is 2.47. The second-order valence-corrected chi connectivity index (χ2v) is 4.30. The molecule has 1 aliphatic heterocycles. The summed E-state index contributed by atoms with van der Waals surface area (Å²) < 4.78 is 16.0. The van der Waals surface area contributed by atoms with Gasteiger partial charge in [-0.15, -0.1) is 6.58 Å². The van der Waals surface area contributed by atoms with Crippen LogP contribution < -0.4 is 0 Å². The number of nitrogens with zero attached hydrogens (tertiary/aromatic N) is 3. The molecule has 0 aliphatic carbocycles. The minimum absolute atomic E-state index is 0.0140. The predicted molar refractivity (Wildman–Crippen MR) is 68.6 cm³/mol. The summed E-state index contributed by atoms with van der Waals surface area (Å²) in [4.78, 5) is 25.0. The van der Waals surface area contributed by atoms with Gasteiger partial charge >= 0.3 is 11.9 Å². The SMILES string of the molecule is C=CC[C@H]1O[C@H](CN=[N+]=[N-])[C@@H](OC(C)=O)[C@H]1OC(C)=O. The van der Waals surface area contributed by atoms with Gasteiger partial charge in [0.15, 0.2) is 12.2 Å². The number of hydrogen-bond acceptors (Lipinski definition) is 6. The molecule has 0 spiro atoms. The monoisotopic (exact) mass is 283 g/mol. The topological polar surface area (TPSA) is 111 Å². The molecule has 0 saturated carbocycles. The van der Waals surface area contributed by atoms with Gasteiger partial charge in [0.1, 0.15) is 12.2 Å². The van der Waals surface area contributed by atoms with Gasteiger partial charge in [-0.1, -0.05) is 11.2 Å². The summed E-state index contributed by atoms with van der Waals surface area (Å²) in [7, 11) is 0. The Morgan fingerprint density at radius 2 is 1.85 bits per heavy atom. The van der Waals surface area contributed by atoms with E-state index in [9.17, 15) is 9.59 Å². The maximum absolute atomic E-state index is 11.2. The molecule has 0 radical (unpaired) electrons. The van der Waals surface area contributed by atoms with Crippen LogP contribution in [0.1, 0.15) is 20.3 Å². The third kappa shape index (κ3) is 4.25. The van der Waals surface area contributed by atoms with E-state index in [2.05, 4.69) is 16.6 Å². The molecule has 8 heteroatoms. The van der Waals surface area contributed by atoms with Gasteiger partial charge in [0.2, 0.25) is 0 Å². The zero-order valence-electron chi connectivity index (χ0n) is 11.4. The summed E-state index contributed by atoms with van der Waals surface area (Å²) in [5, 5.41) is 3.42. The summed E-state index contributed by atoms with van der Waals surface area (Å²) in [6, 6.07) is 0. The summed E-state index contributed by atoms with van der Waals surface area (Å²) >= 11 is 0. The molecule has 4 atom stereocenters. The Morgan fingerprint density at radius 3 is 2.30 bits per heavy atom. The molecule has 8 nitrogen and oxygen atoms in total. The second kappa shape index (κ2) is 7.52. The number of carbonyl (C=O) groups is 2. The van der Waals surface area contributed by atoms with Gasteiger partial charge < -0.3 is 14.2 Å². The van der Waals surface area contributed by atoms with Gasteiger partial charge in [0, 0.05) is 18.8 Å². The molecule has 20 heavy (non-hydrogen) atoms. The summed E-state index contributed by atoms with van der Waals surface area (Å²) in [5.74, 6) is -1.03. The van der Waals surface area contributed by atoms with Gasteiger partial charge in [-0.25, -0.2) is 0 Å². The van der Waals surface area contributed by atoms with Crippen LogP contribution >= 0.6 is 0 Å². The van der Waals surface area contributed by atoms with E-state index in [-0.39, 0.29) is 6.54 Å². The van der Waals surface area contributed by atoms with Crippen LogP contribution in [0.2, 0.25) is 0 Å². The molecule has 1 rings (SSSR count). The van der Waals surface area contributed by atoms with Crippen LogP contribution in [0.4, 0.5) is 0 Å². The first-order valence-corrected chi connectivity index (χ1v) is 6.11. The lowest BCUT2D eigenvalue weighted by atomic mass is 10.0. The Bertz CT molecular complexity index is 433. The third-order valence-corrected chi connectivity index (χ3v) is 2.73. The molecule has 1 heterocycles. The molecule has 1 saturated heterocycles. The zero-order valence-corrected chi connectivity index (χ0v) is 11.4. The lowest BCUT2D eigenvalue weighted by Gasteiger charge is -2.22. The highest BCUT2D eigenvalue weighted by atomic mass is 16.6. The maximum Gasteiger partial charge on any atom is 0.303 e. The molecule has 1 aliphatic rings. The number of carbonyl (C=O) groups excluding carboxylic acids is 2. The summed E-state index contributed by atoms with van der Waals surface area (Å²) in [6.07, 6.45) is -0.645. The van der Waals surface area contributed by atoms with Crippen molar-refractivity contribution in [1.29, 1.82) is 0 Å². The third-order valence-electron chi connectivity index (χ3n) is 2.73. The molecule has 0 aromatic rings. The van der Waals surface area contributed by atoms with E-state index in [0.717, 1.165) is 0 Å². The van der Waals surface area contributed by atoms with Crippen molar-refractivity contribution in [2.75, 3.05) is 6.54 Å². The molecule has 0 N–H and O–H groups in total. The van der Waals surface area contributed by atoms with Crippen molar-refractivity contribution in [3.63, 3.8) is 0 Å². The van der Waals surface area contributed by atoms with Crippen molar-refractivity contribution in [2.45, 2.75) is 44.7 Å². The maximum atomic E-state index is 11.2. The molecular formula is C12H17N3O5. The Morgan fingerprint density at radius 1 is 1.30 bits per heavy atom. The van der Waals surface area contributed by atoms with Crippen LogP contribution in [0.25, 0.3) is 10.4 Å². The highest BCUT2D eigenvalue weighted by Crippen LogP contribution is 2.29. The van der Waals surface area contributed by atoms with E-state index in [4.69, 9.17) is 19.7 Å². The van der Waals surface area contributed by atoms with Crippen LogP contribution in [0.3, 0.4) is 0 Å². The van der Waals surface area contributed by atoms with E-state index in [0.29, 0.717) is 6.42 Å². The lowest BCUT2D eigenvalue weighted by molar-refractivity contribution is -0.163. The standard InChI is InChI=1S/C12H17N3O5/c1-4-5-9-11(18-7(2)16)12(19-8(3)17)10(20-9)6-14-15-13/h4,9-12H,1,5-6H2,2-3H3/t9-,10-,11+,12-/m1/s1. The number of rotatable bonds is 6. The van der Waals surface area contributed by atoms with Crippen LogP contribution in [-0.2, 0) is 23.8 Å². The van der Waals surface area contributed by atoms with Crippen molar-refractivity contribution < 1.29 is 23.8 Å². The molecule has 0 aromatic heterocycles. The van der Waals surface area contributed by atoms with Crippen LogP contribution in [-0.4, -0.2) is 42.9 Å². The highest BCUT2D eigenvalue weighted by molar-refractivity contribution is 5.67. The van der Waals surface area contributed by atoms with E-state index >= 15 is 0 Å². The van der Waals surface area contributed by atoms with Crippen LogP contribution in [0, 0.1) is 0 Å². The fourth-order valence-electron chi connectivity index (χ4n) is 2.09. The van der Waals surface area contributed by atoms with Crippen molar-refractivity contribution in [2.24, 2.45) is 5.11 Å². The minimum atomic E-state index is -0.799. The molecule has 1 fully saturated rings. The zero-order chi connectivity index (χ0) is 15.1. The van der Waals surface area contributed by atoms with Gasteiger partial charge in [0.05, 0.1) is 6.54 Å². The van der Waals surface area contributed by atoms with Crippen LogP contribution in [0.15, 0.2) is 17.8 Å². The molecule has 0 bridgehead atoms. The molecule has 0 unspecified atom stereocenters. The largest absolute Gasteiger partial charge is 0.456 e. The van der Waals surface area contributed by atoms with Gasteiger partial charge in [-0.2, -0.15) is 0 Å². The van der Waals surface area contributed by atoms with Crippen molar-refractivity contribution in [3.05, 3.63) is 23.1 Å². The van der Waals surface area contributed by atoms with Crippen molar-refractivity contribution >= 4 is 11.9 Å². The van der Waals surface area contributed by atoms with E-state index in [1.807, 2.05) is 0 Å². The Labute approximate surface area is 116 Å². The van der Waals surface area contributed by atoms with Gasteiger partial charge in [0.25, 0.3) is 0 Å². The normalized spacial score (nSPS) is 28.3. The summed E-state index contributed by atoms with van der Waals surface area (Å²) in [5.41, 5.74) is 8.37. The van der Waals surface area contributed by atoms with E-state index in [1.54, 1.807) is 6.08 Å². The fraction of sp³-hybridized carbons (Fsp3) is 0.667. The number of azide groups is 1. The molecular weight excluding hydrogens is 266 g/mol. The molecule has 110 valence electrons. The Balaban J connectivity index is 2.94. The minimum Gasteiger partial charge on any atom is -0.456 e. The Kier molecular flexibility index (Phi) is 6.02. The van der Waals surface area contributed by atoms with E-state index < -0.39 is 36.4 Å². The number of esters is 2. The van der Waals surface area contributed by atoms with Gasteiger partial charge in [-0.05, 0) is 12.0 Å².